The molecular weight excluding hydrogens is 270 g/mol. The minimum Gasteiger partial charge on any atom is -0.481 e. The third kappa shape index (κ3) is 2.66. The highest BCUT2D eigenvalue weighted by atomic mass is 16.4. The summed E-state index contributed by atoms with van der Waals surface area (Å²) >= 11 is 0. The molecule has 0 saturated carbocycles. The first kappa shape index (κ1) is 15.5. The lowest BCUT2D eigenvalue weighted by Crippen LogP contribution is -2.49. The number of carboxylic acid groups (broad SMARTS) is 1. The van der Waals surface area contributed by atoms with E-state index in [0.29, 0.717) is 31.5 Å². The van der Waals surface area contributed by atoms with Crippen molar-refractivity contribution in [3.8, 4) is 0 Å². The van der Waals surface area contributed by atoms with E-state index in [1.807, 2.05) is 20.8 Å². The number of aromatic nitrogens is 2. The minimum absolute atomic E-state index is 0.106. The van der Waals surface area contributed by atoms with Crippen molar-refractivity contribution in [1.82, 2.24) is 14.7 Å². The molecule has 21 heavy (non-hydrogen) atoms. The SMILES string of the molecule is CCn1ncc(C(=O)N2CCCC(CC)(C(=O)O)C2)c1C. The average molecular weight is 293 g/mol. The van der Waals surface area contributed by atoms with Gasteiger partial charge in [-0.05, 0) is 33.1 Å². The third-order valence-corrected chi connectivity index (χ3v) is 4.63. The van der Waals surface area contributed by atoms with E-state index >= 15 is 0 Å². The molecule has 2 rings (SSSR count). The van der Waals surface area contributed by atoms with Gasteiger partial charge in [-0.15, -0.1) is 0 Å². The van der Waals surface area contributed by atoms with E-state index < -0.39 is 11.4 Å². The molecule has 1 aliphatic heterocycles. The molecule has 0 bridgehead atoms. The molecule has 0 aliphatic carbocycles. The van der Waals surface area contributed by atoms with Crippen LogP contribution in [0.4, 0.5) is 0 Å². The summed E-state index contributed by atoms with van der Waals surface area (Å²) < 4.78 is 1.78. The lowest BCUT2D eigenvalue weighted by Gasteiger charge is -2.39. The first-order valence-corrected chi connectivity index (χ1v) is 7.50. The quantitative estimate of drug-likeness (QED) is 0.920. The van der Waals surface area contributed by atoms with Crippen LogP contribution in [-0.2, 0) is 11.3 Å². The maximum absolute atomic E-state index is 12.7. The van der Waals surface area contributed by atoms with Crippen LogP contribution in [0, 0.1) is 12.3 Å². The molecule has 1 amide bonds. The molecule has 1 N–H and O–H groups in total. The van der Waals surface area contributed by atoms with Gasteiger partial charge in [0.15, 0.2) is 0 Å². The summed E-state index contributed by atoms with van der Waals surface area (Å²) in [5.74, 6) is -0.908. The molecule has 6 nitrogen and oxygen atoms in total. The number of likely N-dealkylation sites (tertiary alicyclic amines) is 1. The van der Waals surface area contributed by atoms with Gasteiger partial charge in [0.05, 0.1) is 17.2 Å². The number of aliphatic carboxylic acids is 1. The van der Waals surface area contributed by atoms with Crippen LogP contribution in [0.3, 0.4) is 0 Å². The second kappa shape index (κ2) is 5.87. The number of hydrogen-bond acceptors (Lipinski definition) is 3. The van der Waals surface area contributed by atoms with Gasteiger partial charge in [-0.1, -0.05) is 6.92 Å². The second-order valence-electron chi connectivity index (χ2n) is 5.73. The highest BCUT2D eigenvalue weighted by molar-refractivity contribution is 5.95. The van der Waals surface area contributed by atoms with Gasteiger partial charge in [0.1, 0.15) is 0 Å². The number of piperidine rings is 1. The Balaban J connectivity index is 2.23. The van der Waals surface area contributed by atoms with Crippen LogP contribution in [0.25, 0.3) is 0 Å². The zero-order valence-electron chi connectivity index (χ0n) is 12.9. The Morgan fingerprint density at radius 2 is 2.14 bits per heavy atom. The zero-order chi connectivity index (χ0) is 15.6. The molecule has 1 fully saturated rings. The van der Waals surface area contributed by atoms with Crippen molar-refractivity contribution in [2.75, 3.05) is 13.1 Å². The fourth-order valence-electron chi connectivity index (χ4n) is 3.07. The van der Waals surface area contributed by atoms with E-state index in [1.165, 1.54) is 0 Å². The van der Waals surface area contributed by atoms with Gasteiger partial charge >= 0.3 is 5.97 Å². The van der Waals surface area contributed by atoms with Gasteiger partial charge < -0.3 is 10.0 Å². The van der Waals surface area contributed by atoms with Gasteiger partial charge in [-0.3, -0.25) is 14.3 Å². The number of nitrogens with zero attached hydrogens (tertiary/aromatic N) is 3. The highest BCUT2D eigenvalue weighted by Crippen LogP contribution is 2.34. The van der Waals surface area contributed by atoms with Crippen LogP contribution < -0.4 is 0 Å². The van der Waals surface area contributed by atoms with Crippen molar-refractivity contribution < 1.29 is 14.7 Å². The number of amides is 1. The molecule has 2 heterocycles. The lowest BCUT2D eigenvalue weighted by molar-refractivity contribution is -0.152. The summed E-state index contributed by atoms with van der Waals surface area (Å²) in [6, 6.07) is 0. The number of carboxylic acids is 1. The predicted molar refractivity (Wildman–Crippen MR) is 78.1 cm³/mol. The summed E-state index contributed by atoms with van der Waals surface area (Å²) in [5.41, 5.74) is 0.613. The monoisotopic (exact) mass is 293 g/mol. The van der Waals surface area contributed by atoms with Gasteiger partial charge in [0.2, 0.25) is 0 Å². The fourth-order valence-corrected chi connectivity index (χ4v) is 3.07. The molecule has 1 aliphatic rings. The van der Waals surface area contributed by atoms with Crippen molar-refractivity contribution in [2.24, 2.45) is 5.41 Å². The highest BCUT2D eigenvalue weighted by Gasteiger charge is 2.42. The van der Waals surface area contributed by atoms with Crippen molar-refractivity contribution in [2.45, 2.75) is 46.6 Å². The molecule has 1 atom stereocenters. The van der Waals surface area contributed by atoms with Crippen LogP contribution in [0.5, 0.6) is 0 Å². The lowest BCUT2D eigenvalue weighted by atomic mass is 9.77. The van der Waals surface area contributed by atoms with E-state index in [2.05, 4.69) is 5.10 Å². The molecule has 6 heteroatoms. The topological polar surface area (TPSA) is 75.4 Å². The van der Waals surface area contributed by atoms with Crippen molar-refractivity contribution in [3.63, 3.8) is 0 Å². The Hall–Kier alpha value is -1.85. The Morgan fingerprint density at radius 1 is 1.43 bits per heavy atom. The summed E-state index contributed by atoms with van der Waals surface area (Å²) in [6.07, 6.45) is 3.49. The predicted octanol–water partition coefficient (Wildman–Crippen LogP) is 1.93. The van der Waals surface area contributed by atoms with E-state index in [4.69, 9.17) is 0 Å². The minimum atomic E-state index is -0.803. The largest absolute Gasteiger partial charge is 0.481 e. The molecular formula is C15H23N3O3. The zero-order valence-corrected chi connectivity index (χ0v) is 12.9. The van der Waals surface area contributed by atoms with E-state index in [0.717, 1.165) is 12.1 Å². The normalized spacial score (nSPS) is 22.3. The maximum Gasteiger partial charge on any atom is 0.311 e. The first-order valence-electron chi connectivity index (χ1n) is 7.50. The molecule has 1 unspecified atom stereocenters. The van der Waals surface area contributed by atoms with Gasteiger partial charge in [0.25, 0.3) is 5.91 Å². The van der Waals surface area contributed by atoms with Crippen LogP contribution in [0.1, 0.15) is 49.2 Å². The number of rotatable bonds is 4. The molecule has 0 spiro atoms. The second-order valence-corrected chi connectivity index (χ2v) is 5.73. The van der Waals surface area contributed by atoms with Crippen molar-refractivity contribution in [1.29, 1.82) is 0 Å². The molecule has 1 aromatic heterocycles. The van der Waals surface area contributed by atoms with Crippen LogP contribution in [0.2, 0.25) is 0 Å². The number of carbonyl (C=O) groups is 2. The van der Waals surface area contributed by atoms with E-state index in [-0.39, 0.29) is 12.5 Å². The maximum atomic E-state index is 12.7. The Kier molecular flexibility index (Phi) is 4.34. The summed E-state index contributed by atoms with van der Waals surface area (Å²) in [6.45, 7) is 7.34. The molecule has 1 saturated heterocycles. The molecule has 0 radical (unpaired) electrons. The van der Waals surface area contributed by atoms with Crippen molar-refractivity contribution >= 4 is 11.9 Å². The Bertz CT molecular complexity index is 552. The Labute approximate surface area is 124 Å². The summed E-state index contributed by atoms with van der Waals surface area (Å²) in [5, 5.41) is 13.7. The average Bonchev–Trinajstić information content (AvgIpc) is 2.87. The van der Waals surface area contributed by atoms with Crippen molar-refractivity contribution in [3.05, 3.63) is 17.5 Å². The number of aryl methyl sites for hydroxylation is 1. The van der Waals surface area contributed by atoms with Gasteiger partial charge in [-0.25, -0.2) is 0 Å². The first-order chi connectivity index (χ1) is 9.95. The van der Waals surface area contributed by atoms with E-state index in [1.54, 1.807) is 15.8 Å². The summed E-state index contributed by atoms with van der Waals surface area (Å²) in [7, 11) is 0. The van der Waals surface area contributed by atoms with Gasteiger partial charge in [-0.2, -0.15) is 5.10 Å². The number of carbonyl (C=O) groups excluding carboxylic acids is 1. The van der Waals surface area contributed by atoms with E-state index in [9.17, 15) is 14.7 Å². The smallest absolute Gasteiger partial charge is 0.311 e. The van der Waals surface area contributed by atoms with Crippen LogP contribution in [-0.4, -0.2) is 44.8 Å². The number of hydrogen-bond donors (Lipinski definition) is 1. The standard InChI is InChI=1S/C15H23N3O3/c1-4-15(14(20)21)7-6-8-17(10-15)13(19)12-9-16-18(5-2)11(12)3/h9H,4-8,10H2,1-3H3,(H,20,21). The molecule has 116 valence electrons. The third-order valence-electron chi connectivity index (χ3n) is 4.63. The van der Waals surface area contributed by atoms with Gasteiger partial charge in [0, 0.05) is 25.3 Å². The molecule has 1 aromatic rings. The fraction of sp³-hybridized carbons (Fsp3) is 0.667. The van der Waals surface area contributed by atoms with Crippen LogP contribution in [0.15, 0.2) is 6.20 Å². The van der Waals surface area contributed by atoms with Crippen LogP contribution >= 0.6 is 0 Å². The molecule has 0 aromatic carbocycles. The Morgan fingerprint density at radius 3 is 2.67 bits per heavy atom. The summed E-state index contributed by atoms with van der Waals surface area (Å²) in [4.78, 5) is 25.9.